The van der Waals surface area contributed by atoms with Gasteiger partial charge in [0.25, 0.3) is 0 Å². The molecule has 10 heteroatoms. The molecule has 0 aliphatic carbocycles. The standard InChI is InChI=1S/C7H6BrCl9/c8-3-1-2-4(9,10)5(11,12)6(13,14)7(15,16)17/h1-3H2. The molecule has 0 aliphatic rings. The molecule has 0 aromatic rings. The van der Waals surface area contributed by atoms with Crippen molar-refractivity contribution in [2.24, 2.45) is 0 Å². The lowest BCUT2D eigenvalue weighted by atomic mass is 10.1. The Bertz CT molecular complexity index is 257. The zero-order valence-corrected chi connectivity index (χ0v) is 16.3. The molecule has 104 valence electrons. The third-order valence-electron chi connectivity index (χ3n) is 1.83. The summed E-state index contributed by atoms with van der Waals surface area (Å²) in [5, 5.41) is 0.642. The second kappa shape index (κ2) is 6.90. The highest BCUT2D eigenvalue weighted by atomic mass is 79.9. The first-order valence-electron chi connectivity index (χ1n) is 4.07. The highest BCUT2D eigenvalue weighted by Crippen LogP contribution is 2.63. The van der Waals surface area contributed by atoms with Crippen molar-refractivity contribution in [2.75, 3.05) is 5.33 Å². The Kier molecular flexibility index (Phi) is 8.15. The minimum Gasteiger partial charge on any atom is -0.0982 e. The highest BCUT2D eigenvalue weighted by Gasteiger charge is 2.67. The lowest BCUT2D eigenvalue weighted by molar-refractivity contribution is 0.546. The Balaban J connectivity index is 5.24. The molecule has 0 heterocycles. The molecule has 0 fully saturated rings. The molecule has 0 aromatic heterocycles. The van der Waals surface area contributed by atoms with Crippen LogP contribution in [0.15, 0.2) is 0 Å². The van der Waals surface area contributed by atoms with Gasteiger partial charge in [-0.1, -0.05) is 120 Å². The van der Waals surface area contributed by atoms with E-state index in [1.54, 1.807) is 0 Å². The van der Waals surface area contributed by atoms with Gasteiger partial charge in [0.1, 0.15) is 0 Å². The third kappa shape index (κ3) is 4.53. The molecule has 0 rings (SSSR count). The van der Waals surface area contributed by atoms with E-state index in [1.807, 2.05) is 0 Å². The minimum absolute atomic E-state index is 0.205. The van der Waals surface area contributed by atoms with E-state index in [9.17, 15) is 0 Å². The summed E-state index contributed by atoms with van der Waals surface area (Å²) in [5.74, 6) is 0. The Labute approximate surface area is 154 Å². The van der Waals surface area contributed by atoms with E-state index in [-0.39, 0.29) is 6.42 Å². The molecule has 0 nitrogen and oxygen atoms in total. The highest BCUT2D eigenvalue weighted by molar-refractivity contribution is 9.09. The summed E-state index contributed by atoms with van der Waals surface area (Å²) in [6.45, 7) is 0. The monoisotopic (exact) mass is 484 g/mol. The molecule has 0 saturated heterocycles. The van der Waals surface area contributed by atoms with Gasteiger partial charge in [-0.05, 0) is 12.8 Å². The lowest BCUT2D eigenvalue weighted by Crippen LogP contribution is -2.56. The van der Waals surface area contributed by atoms with Crippen LogP contribution in [0.3, 0.4) is 0 Å². The van der Waals surface area contributed by atoms with Gasteiger partial charge >= 0.3 is 0 Å². The van der Waals surface area contributed by atoms with Crippen molar-refractivity contribution < 1.29 is 0 Å². The second-order valence-corrected chi connectivity index (χ2v) is 10.4. The maximum Gasteiger partial charge on any atom is 0.226 e. The summed E-state index contributed by atoms with van der Waals surface area (Å²) in [6.07, 6.45) is 0.786. The SMILES string of the molecule is ClC(Cl)(Cl)C(Cl)(Cl)C(Cl)(Cl)C(Cl)(Cl)CCCBr. The van der Waals surface area contributed by atoms with E-state index >= 15 is 0 Å². The van der Waals surface area contributed by atoms with Crippen molar-refractivity contribution >= 4 is 120 Å². The molecular weight excluding hydrogens is 483 g/mol. The van der Waals surface area contributed by atoms with Crippen LogP contribution in [-0.2, 0) is 0 Å². The molecule has 0 aromatic carbocycles. The van der Waals surface area contributed by atoms with Gasteiger partial charge in [0, 0.05) is 5.33 Å². The fourth-order valence-corrected chi connectivity index (χ4v) is 3.39. The zero-order chi connectivity index (χ0) is 14.1. The average Bonchev–Trinajstić information content (AvgIpc) is 2.12. The predicted octanol–water partition coefficient (Wildman–Crippen LogP) is 7.05. The van der Waals surface area contributed by atoms with Gasteiger partial charge in [-0.25, -0.2) is 0 Å². The van der Waals surface area contributed by atoms with Crippen LogP contribution >= 0.6 is 120 Å². The summed E-state index contributed by atoms with van der Waals surface area (Å²) < 4.78 is -8.12. The van der Waals surface area contributed by atoms with Crippen molar-refractivity contribution in [3.63, 3.8) is 0 Å². The van der Waals surface area contributed by atoms with Gasteiger partial charge in [-0.15, -0.1) is 0 Å². The first-order chi connectivity index (χ1) is 7.31. The van der Waals surface area contributed by atoms with Crippen molar-refractivity contribution in [2.45, 2.75) is 29.6 Å². The van der Waals surface area contributed by atoms with Crippen LogP contribution in [0.5, 0.6) is 0 Å². The van der Waals surface area contributed by atoms with Crippen LogP contribution < -0.4 is 0 Å². The number of rotatable bonds is 5. The van der Waals surface area contributed by atoms with Gasteiger partial charge in [-0.3, -0.25) is 0 Å². The van der Waals surface area contributed by atoms with Crippen molar-refractivity contribution in [1.82, 2.24) is 0 Å². The van der Waals surface area contributed by atoms with Crippen molar-refractivity contribution in [3.8, 4) is 0 Å². The van der Waals surface area contributed by atoms with E-state index in [0.717, 1.165) is 0 Å². The molecule has 0 amide bonds. The molecule has 0 atom stereocenters. The average molecular weight is 489 g/mol. The van der Waals surface area contributed by atoms with Gasteiger partial charge in [0.05, 0.1) is 0 Å². The van der Waals surface area contributed by atoms with Crippen molar-refractivity contribution in [1.29, 1.82) is 0 Å². The fourth-order valence-electron chi connectivity index (χ4n) is 0.854. The van der Waals surface area contributed by atoms with E-state index in [0.29, 0.717) is 11.8 Å². The van der Waals surface area contributed by atoms with Crippen LogP contribution in [-0.4, -0.2) is 22.1 Å². The Morgan fingerprint density at radius 2 is 1.12 bits per heavy atom. The molecule has 0 bridgehead atoms. The Morgan fingerprint density at radius 3 is 1.41 bits per heavy atom. The zero-order valence-electron chi connectivity index (χ0n) is 7.90. The number of halogens is 10. The van der Waals surface area contributed by atoms with Crippen LogP contribution in [0.4, 0.5) is 0 Å². The first-order valence-corrected chi connectivity index (χ1v) is 8.59. The van der Waals surface area contributed by atoms with E-state index < -0.39 is 16.8 Å². The molecule has 0 spiro atoms. The van der Waals surface area contributed by atoms with E-state index in [2.05, 4.69) is 15.9 Å². The Morgan fingerprint density at radius 1 is 0.706 bits per heavy atom. The molecule has 0 N–H and O–H groups in total. The first kappa shape index (κ1) is 20.1. The summed E-state index contributed by atoms with van der Waals surface area (Å²) >= 11 is 55.9. The second-order valence-electron chi connectivity index (χ2n) is 3.14. The predicted molar refractivity (Wildman–Crippen MR) is 86.6 cm³/mol. The number of alkyl halides is 10. The quantitative estimate of drug-likeness (QED) is 0.363. The molecular formula is C7H6BrCl9. The normalized spacial score (nSPS) is 15.2. The third-order valence-corrected chi connectivity index (χ3v) is 7.89. The molecule has 0 aliphatic heterocycles. The molecule has 0 saturated carbocycles. The molecule has 0 radical (unpaired) electrons. The maximum absolute atomic E-state index is 6.03. The minimum atomic E-state index is -2.19. The smallest absolute Gasteiger partial charge is 0.0982 e. The van der Waals surface area contributed by atoms with E-state index in [1.165, 1.54) is 0 Å². The van der Waals surface area contributed by atoms with Crippen LogP contribution in [0.1, 0.15) is 12.8 Å². The van der Waals surface area contributed by atoms with Crippen LogP contribution in [0.25, 0.3) is 0 Å². The van der Waals surface area contributed by atoms with Crippen LogP contribution in [0, 0.1) is 0 Å². The lowest BCUT2D eigenvalue weighted by Gasteiger charge is -2.43. The van der Waals surface area contributed by atoms with E-state index in [4.69, 9.17) is 104 Å². The molecule has 17 heavy (non-hydrogen) atoms. The van der Waals surface area contributed by atoms with Gasteiger partial charge < -0.3 is 0 Å². The number of hydrogen-bond donors (Lipinski definition) is 0. The molecule has 0 unspecified atom stereocenters. The maximum atomic E-state index is 6.03. The number of hydrogen-bond acceptors (Lipinski definition) is 0. The summed E-state index contributed by atoms with van der Waals surface area (Å²) in [5.41, 5.74) is 0. The van der Waals surface area contributed by atoms with Crippen LogP contribution in [0.2, 0.25) is 0 Å². The van der Waals surface area contributed by atoms with Gasteiger partial charge in [0.15, 0.2) is 13.0 Å². The van der Waals surface area contributed by atoms with Crippen molar-refractivity contribution in [3.05, 3.63) is 0 Å². The van der Waals surface area contributed by atoms with Gasteiger partial charge in [0.2, 0.25) is 3.79 Å². The fraction of sp³-hybridized carbons (Fsp3) is 1.00. The largest absolute Gasteiger partial charge is 0.226 e. The summed E-state index contributed by atoms with van der Waals surface area (Å²) in [7, 11) is 0. The summed E-state index contributed by atoms with van der Waals surface area (Å²) in [6, 6.07) is 0. The summed E-state index contributed by atoms with van der Waals surface area (Å²) in [4.78, 5) is 0. The topological polar surface area (TPSA) is 0 Å². The van der Waals surface area contributed by atoms with Gasteiger partial charge in [-0.2, -0.15) is 0 Å². The Hall–Kier alpha value is 3.09.